The Bertz CT molecular complexity index is 396. The van der Waals surface area contributed by atoms with Crippen molar-refractivity contribution in [2.75, 3.05) is 24.6 Å². The van der Waals surface area contributed by atoms with Crippen LogP contribution in [0, 0.1) is 5.92 Å². The normalized spacial score (nSPS) is 10.4. The first kappa shape index (κ1) is 14.2. The van der Waals surface area contributed by atoms with Crippen molar-refractivity contribution in [2.45, 2.75) is 20.8 Å². The lowest BCUT2D eigenvalue weighted by molar-refractivity contribution is -0.135. The van der Waals surface area contributed by atoms with Crippen molar-refractivity contribution in [2.24, 2.45) is 5.92 Å². The second kappa shape index (κ2) is 6.78. The quantitative estimate of drug-likeness (QED) is 0.792. The molecule has 1 aromatic rings. The second-order valence-electron chi connectivity index (χ2n) is 4.32. The first-order valence-electron chi connectivity index (χ1n) is 5.94. The van der Waals surface area contributed by atoms with Crippen molar-refractivity contribution in [3.8, 4) is 5.88 Å². The maximum absolute atomic E-state index is 10.9. The van der Waals surface area contributed by atoms with Crippen LogP contribution >= 0.6 is 0 Å². The van der Waals surface area contributed by atoms with Gasteiger partial charge in [-0.3, -0.25) is 9.78 Å². The van der Waals surface area contributed by atoms with Gasteiger partial charge in [-0.05, 0) is 12.8 Å². The van der Waals surface area contributed by atoms with Crippen molar-refractivity contribution in [1.82, 2.24) is 9.97 Å². The number of rotatable bonds is 7. The van der Waals surface area contributed by atoms with Crippen LogP contribution in [0.5, 0.6) is 5.88 Å². The largest absolute Gasteiger partial charge is 0.480 e. The van der Waals surface area contributed by atoms with Gasteiger partial charge in [-0.1, -0.05) is 13.8 Å². The molecule has 1 heterocycles. The van der Waals surface area contributed by atoms with E-state index in [9.17, 15) is 4.79 Å². The molecular weight excluding hydrogens is 234 g/mol. The van der Waals surface area contributed by atoms with E-state index >= 15 is 0 Å². The van der Waals surface area contributed by atoms with E-state index in [2.05, 4.69) is 9.97 Å². The van der Waals surface area contributed by atoms with Crippen LogP contribution in [0.3, 0.4) is 0 Å². The number of carbonyl (C=O) groups is 1. The summed E-state index contributed by atoms with van der Waals surface area (Å²) in [6.45, 7) is 6.92. The molecule has 1 N–H and O–H groups in total. The summed E-state index contributed by atoms with van der Waals surface area (Å²) in [6.07, 6.45) is 3.06. The van der Waals surface area contributed by atoms with Crippen molar-refractivity contribution in [3.05, 3.63) is 12.4 Å². The molecule has 0 saturated heterocycles. The Hall–Kier alpha value is -1.85. The summed E-state index contributed by atoms with van der Waals surface area (Å²) in [7, 11) is 0. The number of anilines is 1. The first-order chi connectivity index (χ1) is 8.52. The molecule has 18 heavy (non-hydrogen) atoms. The third-order valence-electron chi connectivity index (χ3n) is 2.13. The Kier molecular flexibility index (Phi) is 5.35. The van der Waals surface area contributed by atoms with Gasteiger partial charge in [-0.25, -0.2) is 0 Å². The van der Waals surface area contributed by atoms with Gasteiger partial charge in [0.1, 0.15) is 6.54 Å². The average Bonchev–Trinajstić information content (AvgIpc) is 2.28. The molecule has 0 aromatic carbocycles. The zero-order valence-electron chi connectivity index (χ0n) is 11.0. The molecule has 100 valence electrons. The van der Waals surface area contributed by atoms with Crippen LogP contribution < -0.4 is 9.64 Å². The highest BCUT2D eigenvalue weighted by molar-refractivity contribution is 5.73. The maximum atomic E-state index is 10.9. The minimum absolute atomic E-state index is 0.0948. The lowest BCUT2D eigenvalue weighted by Crippen LogP contribution is -2.33. The summed E-state index contributed by atoms with van der Waals surface area (Å²) in [4.78, 5) is 20.8. The monoisotopic (exact) mass is 253 g/mol. The molecule has 6 nitrogen and oxygen atoms in total. The van der Waals surface area contributed by atoms with Gasteiger partial charge in [-0.15, -0.1) is 0 Å². The molecule has 0 atom stereocenters. The van der Waals surface area contributed by atoms with Crippen LogP contribution in [0.1, 0.15) is 20.8 Å². The summed E-state index contributed by atoms with van der Waals surface area (Å²) in [5.41, 5.74) is 0. The third kappa shape index (κ3) is 4.57. The van der Waals surface area contributed by atoms with E-state index in [1.54, 1.807) is 11.1 Å². The number of aromatic nitrogens is 2. The fourth-order valence-electron chi connectivity index (χ4n) is 1.55. The van der Waals surface area contributed by atoms with Gasteiger partial charge in [0.2, 0.25) is 5.88 Å². The molecule has 0 aliphatic rings. The van der Waals surface area contributed by atoms with Crippen molar-refractivity contribution < 1.29 is 14.6 Å². The van der Waals surface area contributed by atoms with Crippen LogP contribution in [0.15, 0.2) is 12.4 Å². The molecule has 0 fully saturated rings. The molecule has 1 rings (SSSR count). The minimum atomic E-state index is -0.890. The number of hydrogen-bond acceptors (Lipinski definition) is 5. The van der Waals surface area contributed by atoms with Crippen LogP contribution in [-0.4, -0.2) is 40.7 Å². The Labute approximate surface area is 107 Å². The number of hydrogen-bond donors (Lipinski definition) is 1. The summed E-state index contributed by atoms with van der Waals surface area (Å²) in [5, 5.41) is 8.91. The molecule has 1 aromatic heterocycles. The van der Waals surface area contributed by atoms with Gasteiger partial charge in [0.25, 0.3) is 0 Å². The Balaban J connectivity index is 2.88. The summed E-state index contributed by atoms with van der Waals surface area (Å²) >= 11 is 0. The van der Waals surface area contributed by atoms with Gasteiger partial charge >= 0.3 is 5.97 Å². The third-order valence-corrected chi connectivity index (χ3v) is 2.13. The van der Waals surface area contributed by atoms with Gasteiger partial charge in [-0.2, -0.15) is 4.98 Å². The van der Waals surface area contributed by atoms with Gasteiger partial charge in [0.05, 0.1) is 19.0 Å². The fraction of sp³-hybridized carbons (Fsp3) is 0.583. The summed E-state index contributed by atoms with van der Waals surface area (Å²) < 4.78 is 5.26. The Morgan fingerprint density at radius 3 is 2.78 bits per heavy atom. The number of ether oxygens (including phenoxy) is 1. The van der Waals surface area contributed by atoms with E-state index in [0.29, 0.717) is 30.8 Å². The van der Waals surface area contributed by atoms with Crippen LogP contribution in [0.25, 0.3) is 0 Å². The lowest BCUT2D eigenvalue weighted by atomic mass is 10.2. The molecule has 0 saturated carbocycles. The van der Waals surface area contributed by atoms with E-state index in [4.69, 9.17) is 9.84 Å². The van der Waals surface area contributed by atoms with Crippen molar-refractivity contribution in [1.29, 1.82) is 0 Å². The van der Waals surface area contributed by atoms with E-state index in [1.807, 2.05) is 20.8 Å². The maximum Gasteiger partial charge on any atom is 0.323 e. The highest BCUT2D eigenvalue weighted by Gasteiger charge is 2.14. The summed E-state index contributed by atoms with van der Waals surface area (Å²) in [6, 6.07) is 0. The number of aliphatic carboxylic acids is 1. The van der Waals surface area contributed by atoms with E-state index in [0.717, 1.165) is 0 Å². The Morgan fingerprint density at radius 2 is 2.22 bits per heavy atom. The van der Waals surface area contributed by atoms with Crippen molar-refractivity contribution in [3.63, 3.8) is 0 Å². The molecule has 0 aliphatic carbocycles. The second-order valence-corrected chi connectivity index (χ2v) is 4.32. The van der Waals surface area contributed by atoms with Crippen LogP contribution in [-0.2, 0) is 4.79 Å². The topological polar surface area (TPSA) is 75.5 Å². The predicted molar refractivity (Wildman–Crippen MR) is 67.9 cm³/mol. The van der Waals surface area contributed by atoms with Crippen LogP contribution in [0.2, 0.25) is 0 Å². The zero-order chi connectivity index (χ0) is 13.5. The zero-order valence-corrected chi connectivity index (χ0v) is 11.0. The minimum Gasteiger partial charge on any atom is -0.480 e. The fourth-order valence-corrected chi connectivity index (χ4v) is 1.55. The molecule has 6 heteroatoms. The first-order valence-corrected chi connectivity index (χ1v) is 5.94. The predicted octanol–water partition coefficient (Wildman–Crippen LogP) is 1.42. The number of nitrogens with zero attached hydrogens (tertiary/aromatic N) is 3. The molecule has 0 amide bonds. The highest BCUT2D eigenvalue weighted by Crippen LogP contribution is 2.15. The lowest BCUT2D eigenvalue weighted by Gasteiger charge is -2.23. The number of carboxylic acid groups (broad SMARTS) is 1. The molecular formula is C12H19N3O3. The number of carboxylic acids is 1. The molecule has 0 aliphatic heterocycles. The van der Waals surface area contributed by atoms with Crippen LogP contribution in [0.4, 0.5) is 5.82 Å². The SMILES string of the molecule is CCOc1cncc(N(CC(=O)O)CC(C)C)n1. The van der Waals surface area contributed by atoms with E-state index in [1.165, 1.54) is 6.20 Å². The van der Waals surface area contributed by atoms with Crippen molar-refractivity contribution >= 4 is 11.8 Å². The Morgan fingerprint density at radius 1 is 1.50 bits per heavy atom. The average molecular weight is 253 g/mol. The van der Waals surface area contributed by atoms with Gasteiger partial charge < -0.3 is 14.7 Å². The van der Waals surface area contributed by atoms with E-state index < -0.39 is 5.97 Å². The van der Waals surface area contributed by atoms with Gasteiger partial charge in [0.15, 0.2) is 5.82 Å². The van der Waals surface area contributed by atoms with Gasteiger partial charge in [0, 0.05) is 6.54 Å². The van der Waals surface area contributed by atoms with E-state index in [-0.39, 0.29) is 6.54 Å². The molecule has 0 bridgehead atoms. The molecule has 0 unspecified atom stereocenters. The summed E-state index contributed by atoms with van der Waals surface area (Å²) in [5.74, 6) is 0.382. The standard InChI is InChI=1S/C12H19N3O3/c1-4-18-11-6-13-5-10(14-11)15(7-9(2)3)8-12(16)17/h5-6,9H,4,7-8H2,1-3H3,(H,16,17). The highest BCUT2D eigenvalue weighted by atomic mass is 16.5. The molecule has 0 radical (unpaired) electrons. The smallest absolute Gasteiger partial charge is 0.323 e. The molecule has 0 spiro atoms.